The molecule has 4 heteroatoms. The Hall–Kier alpha value is -7.95. The minimum absolute atomic E-state index is 0.573. The van der Waals surface area contributed by atoms with Crippen LogP contribution in [0.3, 0.4) is 0 Å². The molecule has 0 saturated heterocycles. The van der Waals surface area contributed by atoms with Gasteiger partial charge in [0.15, 0.2) is 17.5 Å². The van der Waals surface area contributed by atoms with Crippen molar-refractivity contribution < 1.29 is 4.42 Å². The van der Waals surface area contributed by atoms with Crippen molar-refractivity contribution in [2.45, 2.75) is 0 Å². The molecule has 0 unspecified atom stereocenters. The second kappa shape index (κ2) is 14.5. The molecular weight excluding hydrogens is 719 g/mol. The lowest BCUT2D eigenvalue weighted by Gasteiger charge is -2.11. The van der Waals surface area contributed by atoms with Gasteiger partial charge in [-0.1, -0.05) is 170 Å². The Balaban J connectivity index is 1.04. The molecule has 11 aromatic rings. The van der Waals surface area contributed by atoms with Crippen molar-refractivity contribution in [2.75, 3.05) is 0 Å². The summed E-state index contributed by atoms with van der Waals surface area (Å²) in [5.74, 6) is 1.77. The molecular formula is C55H35N3O. The van der Waals surface area contributed by atoms with E-state index in [1.165, 1.54) is 21.9 Å². The summed E-state index contributed by atoms with van der Waals surface area (Å²) in [5.41, 5.74) is 13.4. The molecule has 59 heavy (non-hydrogen) atoms. The maximum Gasteiger partial charge on any atom is 0.164 e. The lowest BCUT2D eigenvalue weighted by atomic mass is 9.96. The summed E-state index contributed by atoms with van der Waals surface area (Å²) < 4.78 is 6.61. The van der Waals surface area contributed by atoms with Crippen LogP contribution in [0.4, 0.5) is 0 Å². The van der Waals surface area contributed by atoms with Crippen LogP contribution in [0, 0.1) is 0 Å². The van der Waals surface area contributed by atoms with Crippen LogP contribution in [0.2, 0.25) is 0 Å². The van der Waals surface area contributed by atoms with Crippen LogP contribution in [0.1, 0.15) is 0 Å². The second-order valence-electron chi connectivity index (χ2n) is 14.8. The van der Waals surface area contributed by atoms with Crippen molar-refractivity contribution in [3.8, 4) is 78.7 Å². The Morgan fingerprint density at radius 1 is 0.271 bits per heavy atom. The number of furan rings is 1. The molecule has 0 spiro atoms. The van der Waals surface area contributed by atoms with Gasteiger partial charge < -0.3 is 4.42 Å². The fourth-order valence-corrected chi connectivity index (χ4v) is 8.14. The van der Waals surface area contributed by atoms with E-state index in [0.717, 1.165) is 72.0 Å². The summed E-state index contributed by atoms with van der Waals surface area (Å²) in [5, 5.41) is 4.54. The molecule has 0 aliphatic rings. The molecule has 0 aliphatic heterocycles. The largest absolute Gasteiger partial charge is 0.456 e. The third-order valence-corrected chi connectivity index (χ3v) is 11.1. The third-order valence-electron chi connectivity index (χ3n) is 11.1. The smallest absolute Gasteiger partial charge is 0.164 e. The van der Waals surface area contributed by atoms with Crippen molar-refractivity contribution in [3.63, 3.8) is 0 Å². The summed E-state index contributed by atoms with van der Waals surface area (Å²) >= 11 is 0. The molecule has 11 rings (SSSR count). The molecule has 0 radical (unpaired) electrons. The number of nitrogens with zero attached hydrogens (tertiary/aromatic N) is 3. The molecule has 0 atom stereocenters. The van der Waals surface area contributed by atoms with E-state index in [0.29, 0.717) is 17.5 Å². The maximum absolute atomic E-state index is 6.61. The van der Waals surface area contributed by atoms with E-state index in [-0.39, 0.29) is 0 Å². The fourth-order valence-electron chi connectivity index (χ4n) is 8.14. The maximum atomic E-state index is 6.61. The average molecular weight is 754 g/mol. The number of benzene rings is 9. The number of fused-ring (bicyclic) bond motifs is 4. The zero-order valence-electron chi connectivity index (χ0n) is 32.0. The molecule has 0 saturated carbocycles. The van der Waals surface area contributed by atoms with Gasteiger partial charge >= 0.3 is 0 Å². The predicted molar refractivity (Wildman–Crippen MR) is 243 cm³/mol. The highest BCUT2D eigenvalue weighted by atomic mass is 16.3. The Bertz CT molecular complexity index is 3330. The van der Waals surface area contributed by atoms with Crippen molar-refractivity contribution in [3.05, 3.63) is 212 Å². The van der Waals surface area contributed by atoms with E-state index < -0.39 is 0 Å². The SMILES string of the molecule is c1ccc(-c2cccc(-c3nc(-c4cccc(-c5ccc6ccccc6c5)c4)nc(-c4ccc5c(c4)oc4cccc(-c6cccc(-c7ccccc7)c6)c45)n3)c2)cc1. The zero-order valence-corrected chi connectivity index (χ0v) is 32.0. The van der Waals surface area contributed by atoms with Crippen molar-refractivity contribution >= 4 is 32.7 Å². The highest BCUT2D eigenvalue weighted by Gasteiger charge is 2.18. The van der Waals surface area contributed by atoms with Gasteiger partial charge in [0.25, 0.3) is 0 Å². The van der Waals surface area contributed by atoms with Crippen LogP contribution >= 0.6 is 0 Å². The van der Waals surface area contributed by atoms with E-state index in [2.05, 4.69) is 194 Å². The van der Waals surface area contributed by atoms with Crippen LogP contribution in [0.25, 0.3) is 111 Å². The van der Waals surface area contributed by atoms with Gasteiger partial charge in [-0.05, 0) is 97.7 Å². The molecule has 0 N–H and O–H groups in total. The minimum Gasteiger partial charge on any atom is -0.456 e. The van der Waals surface area contributed by atoms with Gasteiger partial charge in [-0.15, -0.1) is 0 Å². The Kier molecular flexibility index (Phi) is 8.45. The van der Waals surface area contributed by atoms with Crippen LogP contribution in [0.5, 0.6) is 0 Å². The molecule has 0 fully saturated rings. The van der Waals surface area contributed by atoms with E-state index >= 15 is 0 Å². The van der Waals surface area contributed by atoms with Gasteiger partial charge in [0.2, 0.25) is 0 Å². The number of rotatable bonds is 7. The number of hydrogen-bond donors (Lipinski definition) is 0. The van der Waals surface area contributed by atoms with Gasteiger partial charge in [0, 0.05) is 27.5 Å². The fraction of sp³-hybridized carbons (Fsp3) is 0. The predicted octanol–water partition coefficient (Wildman–Crippen LogP) is 14.6. The van der Waals surface area contributed by atoms with E-state index in [9.17, 15) is 0 Å². The van der Waals surface area contributed by atoms with E-state index in [1.807, 2.05) is 18.2 Å². The first-order valence-corrected chi connectivity index (χ1v) is 19.8. The third kappa shape index (κ3) is 6.53. The Morgan fingerprint density at radius 3 is 1.37 bits per heavy atom. The molecule has 0 bridgehead atoms. The second-order valence-corrected chi connectivity index (χ2v) is 14.8. The molecule has 0 amide bonds. The average Bonchev–Trinajstić information content (AvgIpc) is 3.70. The van der Waals surface area contributed by atoms with Crippen LogP contribution < -0.4 is 0 Å². The summed E-state index contributed by atoms with van der Waals surface area (Å²) in [6.07, 6.45) is 0. The van der Waals surface area contributed by atoms with Crippen LogP contribution in [-0.2, 0) is 0 Å². The first kappa shape index (κ1) is 34.3. The molecule has 2 aromatic heterocycles. The first-order chi connectivity index (χ1) is 29.2. The minimum atomic E-state index is 0.573. The number of hydrogen-bond acceptors (Lipinski definition) is 4. The van der Waals surface area contributed by atoms with Crippen LogP contribution in [-0.4, -0.2) is 15.0 Å². The van der Waals surface area contributed by atoms with Crippen LogP contribution in [0.15, 0.2) is 217 Å². The van der Waals surface area contributed by atoms with Crippen molar-refractivity contribution in [1.82, 2.24) is 15.0 Å². The lowest BCUT2D eigenvalue weighted by molar-refractivity contribution is 0.669. The Morgan fingerprint density at radius 2 is 0.729 bits per heavy atom. The van der Waals surface area contributed by atoms with Gasteiger partial charge in [0.1, 0.15) is 11.2 Å². The lowest BCUT2D eigenvalue weighted by Crippen LogP contribution is -2.00. The van der Waals surface area contributed by atoms with E-state index in [1.54, 1.807) is 0 Å². The Labute approximate surface area is 341 Å². The summed E-state index contributed by atoms with van der Waals surface area (Å²) in [6.45, 7) is 0. The van der Waals surface area contributed by atoms with Gasteiger partial charge in [-0.2, -0.15) is 0 Å². The molecule has 9 aromatic carbocycles. The zero-order chi connectivity index (χ0) is 39.1. The highest BCUT2D eigenvalue weighted by molar-refractivity contribution is 6.13. The quantitative estimate of drug-likeness (QED) is 0.163. The van der Waals surface area contributed by atoms with Gasteiger partial charge in [-0.25, -0.2) is 15.0 Å². The molecule has 2 heterocycles. The molecule has 0 aliphatic carbocycles. The molecule has 276 valence electrons. The standard InChI is InChI=1S/C55H35N3O/c1-3-13-36(14-4-1)40-19-9-22-44(32-40)48-25-12-26-50-52(48)49-30-29-47(35-51(49)59-50)55-57-53(45-23-10-20-41(33-45)37-15-5-2-6-16-37)56-54(58-55)46-24-11-21-42(34-46)43-28-27-38-17-7-8-18-39(38)31-43/h1-35H. The number of aromatic nitrogens is 3. The monoisotopic (exact) mass is 753 g/mol. The summed E-state index contributed by atoms with van der Waals surface area (Å²) in [6, 6.07) is 74.1. The summed E-state index contributed by atoms with van der Waals surface area (Å²) in [7, 11) is 0. The first-order valence-electron chi connectivity index (χ1n) is 19.8. The van der Waals surface area contributed by atoms with Gasteiger partial charge in [0.05, 0.1) is 0 Å². The topological polar surface area (TPSA) is 51.8 Å². The normalized spacial score (nSPS) is 11.4. The van der Waals surface area contributed by atoms with E-state index in [4.69, 9.17) is 19.4 Å². The summed E-state index contributed by atoms with van der Waals surface area (Å²) in [4.78, 5) is 15.5. The van der Waals surface area contributed by atoms with Crippen molar-refractivity contribution in [1.29, 1.82) is 0 Å². The highest BCUT2D eigenvalue weighted by Crippen LogP contribution is 2.39. The van der Waals surface area contributed by atoms with Crippen molar-refractivity contribution in [2.24, 2.45) is 0 Å². The molecule has 4 nitrogen and oxygen atoms in total. The van der Waals surface area contributed by atoms with Gasteiger partial charge in [-0.3, -0.25) is 0 Å².